The van der Waals surface area contributed by atoms with Crippen molar-refractivity contribution in [2.24, 2.45) is 15.2 Å². The van der Waals surface area contributed by atoms with Crippen molar-refractivity contribution < 1.29 is 18.3 Å². The number of ether oxygens (including phenoxy) is 1. The number of hydrazone groups is 1. The third kappa shape index (κ3) is 3.09. The van der Waals surface area contributed by atoms with Crippen molar-refractivity contribution in [3.05, 3.63) is 29.8 Å². The van der Waals surface area contributed by atoms with Crippen LogP contribution in [-0.4, -0.2) is 47.8 Å². The Morgan fingerprint density at radius 2 is 2.14 bits per heavy atom. The number of aliphatic hydroxyl groups excluding tert-OH is 1. The topological polar surface area (TPSA) is 118 Å². The van der Waals surface area contributed by atoms with E-state index in [0.29, 0.717) is 17.5 Å². The van der Waals surface area contributed by atoms with Crippen LogP contribution in [0.5, 0.6) is 5.75 Å². The second kappa shape index (κ2) is 5.88. The highest BCUT2D eigenvalue weighted by Crippen LogP contribution is 2.34. The largest absolute Gasteiger partial charge is 0.491 e. The minimum atomic E-state index is -3.79. The van der Waals surface area contributed by atoms with Gasteiger partial charge in [0.2, 0.25) is 4.38 Å². The van der Waals surface area contributed by atoms with Gasteiger partial charge in [-0.1, -0.05) is 12.1 Å². The highest BCUT2D eigenvalue weighted by molar-refractivity contribution is 8.42. The van der Waals surface area contributed by atoms with E-state index >= 15 is 0 Å². The van der Waals surface area contributed by atoms with E-state index in [2.05, 4.69) is 10.1 Å². The summed E-state index contributed by atoms with van der Waals surface area (Å²) in [6.07, 6.45) is 0. The molecule has 1 aromatic rings. The number of aliphatic imine (C=N–C) groups is 1. The molecule has 0 aliphatic carbocycles. The summed E-state index contributed by atoms with van der Waals surface area (Å²) in [6.45, 7) is 0.688. The number of amidine groups is 1. The lowest BCUT2D eigenvalue weighted by Gasteiger charge is -2.11. The van der Waals surface area contributed by atoms with E-state index in [9.17, 15) is 8.42 Å². The van der Waals surface area contributed by atoms with Crippen LogP contribution < -0.4 is 9.88 Å². The molecule has 0 aromatic heterocycles. The molecule has 0 spiro atoms. The molecule has 22 heavy (non-hydrogen) atoms. The molecule has 3 N–H and O–H groups in total. The quantitative estimate of drug-likeness (QED) is 0.800. The van der Waals surface area contributed by atoms with Crippen LogP contribution in [0.4, 0.5) is 0 Å². The second-order valence-corrected chi connectivity index (χ2v) is 7.35. The third-order valence-corrected chi connectivity index (χ3v) is 5.35. The maximum atomic E-state index is 11.3. The van der Waals surface area contributed by atoms with Gasteiger partial charge in [0.15, 0.2) is 5.17 Å². The Bertz CT molecular complexity index is 730. The number of rotatable bonds is 4. The summed E-state index contributed by atoms with van der Waals surface area (Å²) in [5.74, 6) is 0.674. The lowest BCUT2D eigenvalue weighted by atomic mass is 10.1. The molecule has 118 valence electrons. The molecule has 0 saturated carbocycles. The first-order valence-electron chi connectivity index (χ1n) is 6.45. The van der Waals surface area contributed by atoms with E-state index in [0.717, 1.165) is 17.3 Å². The van der Waals surface area contributed by atoms with Crippen LogP contribution in [0.2, 0.25) is 0 Å². The van der Waals surface area contributed by atoms with Gasteiger partial charge in [0, 0.05) is 0 Å². The van der Waals surface area contributed by atoms with Gasteiger partial charge in [-0.2, -0.15) is 0 Å². The Morgan fingerprint density at radius 1 is 1.41 bits per heavy atom. The highest BCUT2D eigenvalue weighted by Gasteiger charge is 2.36. The number of nitrogens with two attached hydrogens (primary N) is 1. The Hall–Kier alpha value is -1.62. The molecule has 0 fully saturated rings. The van der Waals surface area contributed by atoms with Crippen LogP contribution in [0.3, 0.4) is 0 Å². The molecule has 2 heterocycles. The normalized spacial score (nSPS) is 20.6. The Morgan fingerprint density at radius 3 is 2.73 bits per heavy atom. The summed E-state index contributed by atoms with van der Waals surface area (Å²) in [5.41, 5.74) is 0.978. The van der Waals surface area contributed by atoms with E-state index in [1.165, 1.54) is 0 Å². The summed E-state index contributed by atoms with van der Waals surface area (Å²) in [4.78, 5) is 4.47. The van der Waals surface area contributed by atoms with Crippen LogP contribution in [-0.2, 0) is 10.0 Å². The van der Waals surface area contributed by atoms with Crippen molar-refractivity contribution in [2.45, 2.75) is 6.04 Å². The van der Waals surface area contributed by atoms with Gasteiger partial charge >= 0.3 is 0 Å². The lowest BCUT2D eigenvalue weighted by molar-refractivity contribution is 0.201. The smallest absolute Gasteiger partial charge is 0.264 e. The number of primary sulfonamides is 1. The lowest BCUT2D eigenvalue weighted by Crippen LogP contribution is -2.20. The summed E-state index contributed by atoms with van der Waals surface area (Å²) in [6, 6.07) is 7.28. The molecular weight excluding hydrogens is 328 g/mol. The molecule has 0 bridgehead atoms. The first kappa shape index (κ1) is 15.3. The van der Waals surface area contributed by atoms with Gasteiger partial charge in [0.1, 0.15) is 12.4 Å². The Balaban J connectivity index is 1.69. The minimum Gasteiger partial charge on any atom is -0.491 e. The first-order chi connectivity index (χ1) is 10.5. The summed E-state index contributed by atoms with van der Waals surface area (Å²) < 4.78 is 27.7. The van der Waals surface area contributed by atoms with Gasteiger partial charge in [-0.05, 0) is 29.5 Å². The van der Waals surface area contributed by atoms with E-state index in [-0.39, 0.29) is 23.6 Å². The highest BCUT2D eigenvalue weighted by atomic mass is 32.3. The number of nitrogens with zero attached hydrogens (tertiary/aromatic N) is 3. The van der Waals surface area contributed by atoms with Crippen molar-refractivity contribution in [3.63, 3.8) is 0 Å². The van der Waals surface area contributed by atoms with Crippen molar-refractivity contribution in [3.8, 4) is 5.75 Å². The van der Waals surface area contributed by atoms with Gasteiger partial charge in [-0.3, -0.25) is 4.99 Å². The molecule has 1 aromatic carbocycles. The van der Waals surface area contributed by atoms with E-state index in [1.54, 1.807) is 17.1 Å². The van der Waals surface area contributed by atoms with Gasteiger partial charge in [-0.15, -0.1) is 5.10 Å². The fraction of sp³-hybridized carbons (Fsp3) is 0.333. The maximum Gasteiger partial charge on any atom is 0.264 e. The zero-order valence-corrected chi connectivity index (χ0v) is 13.0. The summed E-state index contributed by atoms with van der Waals surface area (Å²) in [7, 11) is -3.79. The SMILES string of the molecule is NS(=O)(=O)C1=NN2CC(c3ccc(OCCO)cc3)N=C2S1. The average molecular weight is 342 g/mol. The van der Waals surface area contributed by atoms with E-state index < -0.39 is 10.0 Å². The van der Waals surface area contributed by atoms with E-state index in [4.69, 9.17) is 15.0 Å². The van der Waals surface area contributed by atoms with Gasteiger partial charge < -0.3 is 9.84 Å². The van der Waals surface area contributed by atoms with Crippen LogP contribution in [0.1, 0.15) is 11.6 Å². The second-order valence-electron chi connectivity index (χ2n) is 4.66. The van der Waals surface area contributed by atoms with Crippen LogP contribution in [0.15, 0.2) is 34.4 Å². The first-order valence-corrected chi connectivity index (χ1v) is 8.82. The van der Waals surface area contributed by atoms with Crippen molar-refractivity contribution >= 4 is 31.3 Å². The fourth-order valence-corrected chi connectivity index (χ4v) is 3.68. The Labute approximate surface area is 131 Å². The number of hydrogen-bond acceptors (Lipinski definition) is 8. The molecule has 2 aliphatic heterocycles. The van der Waals surface area contributed by atoms with Crippen molar-refractivity contribution in [2.75, 3.05) is 19.8 Å². The van der Waals surface area contributed by atoms with Gasteiger partial charge in [0.25, 0.3) is 10.0 Å². The molecule has 1 atom stereocenters. The minimum absolute atomic E-state index is 0.0331. The standard InChI is InChI=1S/C12H14N4O4S2/c13-22(18,19)12-15-16-7-10(14-11(16)21-12)8-1-3-9(4-2-8)20-6-5-17/h1-4,10,17H,5-7H2,(H2,13,18,19). The number of hydrogen-bond donors (Lipinski definition) is 2. The molecular formula is C12H14N4O4S2. The predicted molar refractivity (Wildman–Crippen MR) is 84.0 cm³/mol. The van der Waals surface area contributed by atoms with Crippen LogP contribution >= 0.6 is 11.8 Å². The molecule has 0 saturated heterocycles. The number of benzene rings is 1. The Kier molecular flexibility index (Phi) is 4.08. The number of thioether (sulfide) groups is 1. The van der Waals surface area contributed by atoms with Crippen LogP contribution in [0, 0.1) is 0 Å². The van der Waals surface area contributed by atoms with Crippen LogP contribution in [0.25, 0.3) is 0 Å². The molecule has 1 unspecified atom stereocenters. The number of fused-ring (bicyclic) bond motifs is 1. The molecule has 0 amide bonds. The average Bonchev–Trinajstić information content (AvgIpc) is 3.03. The summed E-state index contributed by atoms with van der Waals surface area (Å²) >= 11 is 0.961. The maximum absolute atomic E-state index is 11.3. The number of aliphatic hydroxyl groups is 1. The van der Waals surface area contributed by atoms with Crippen molar-refractivity contribution in [1.82, 2.24) is 5.01 Å². The molecule has 0 radical (unpaired) electrons. The van der Waals surface area contributed by atoms with Crippen molar-refractivity contribution in [1.29, 1.82) is 0 Å². The zero-order valence-electron chi connectivity index (χ0n) is 11.4. The molecule has 2 aliphatic rings. The zero-order chi connectivity index (χ0) is 15.7. The third-order valence-electron chi connectivity index (χ3n) is 3.08. The molecule has 10 heteroatoms. The predicted octanol–water partition coefficient (Wildman–Crippen LogP) is 0.0767. The number of sulfonamides is 1. The summed E-state index contributed by atoms with van der Waals surface area (Å²) in [5, 5.41) is 19.8. The van der Waals surface area contributed by atoms with Gasteiger partial charge in [-0.25, -0.2) is 18.6 Å². The molecule has 8 nitrogen and oxygen atoms in total. The van der Waals surface area contributed by atoms with E-state index in [1.807, 2.05) is 12.1 Å². The fourth-order valence-electron chi connectivity index (χ4n) is 2.09. The van der Waals surface area contributed by atoms with Gasteiger partial charge in [0.05, 0.1) is 19.2 Å². The monoisotopic (exact) mass is 342 g/mol. The molecule has 3 rings (SSSR count).